The van der Waals surface area contributed by atoms with E-state index in [9.17, 15) is 4.79 Å². The molecule has 0 aliphatic rings. The van der Waals surface area contributed by atoms with Crippen LogP contribution in [0.15, 0.2) is 0 Å². The van der Waals surface area contributed by atoms with Crippen LogP contribution in [0.5, 0.6) is 0 Å². The Kier molecular flexibility index (Phi) is 10.7. The molecule has 1 N–H and O–H groups in total. The van der Waals surface area contributed by atoms with Gasteiger partial charge in [0.25, 0.3) is 0 Å². The van der Waals surface area contributed by atoms with Crippen LogP contribution in [0.4, 0.5) is 0 Å². The van der Waals surface area contributed by atoms with Crippen molar-refractivity contribution in [1.29, 1.82) is 0 Å². The SMILES string of the molecule is CCCCN(CC(C)(NCCC)C(=O)OCC)C(C)CC. The second kappa shape index (κ2) is 11.0. The van der Waals surface area contributed by atoms with Crippen molar-refractivity contribution in [2.45, 2.75) is 78.8 Å². The van der Waals surface area contributed by atoms with E-state index in [1.54, 1.807) is 0 Å². The smallest absolute Gasteiger partial charge is 0.327 e. The summed E-state index contributed by atoms with van der Waals surface area (Å²) in [5.41, 5.74) is -0.622. The molecule has 0 bridgehead atoms. The fourth-order valence-corrected chi connectivity index (χ4v) is 2.36. The molecule has 0 saturated carbocycles. The lowest BCUT2D eigenvalue weighted by atomic mass is 9.99. The largest absolute Gasteiger partial charge is 0.465 e. The summed E-state index contributed by atoms with van der Waals surface area (Å²) in [6, 6.07) is 0.480. The summed E-state index contributed by atoms with van der Waals surface area (Å²) in [4.78, 5) is 14.8. The van der Waals surface area contributed by atoms with E-state index in [2.05, 4.69) is 37.9 Å². The Bertz CT molecular complexity index is 284. The first kappa shape index (κ1) is 20.4. The molecule has 0 radical (unpaired) electrons. The Labute approximate surface area is 131 Å². The van der Waals surface area contributed by atoms with Gasteiger partial charge in [-0.2, -0.15) is 0 Å². The maximum atomic E-state index is 12.4. The van der Waals surface area contributed by atoms with E-state index >= 15 is 0 Å². The Balaban J connectivity index is 4.96. The highest BCUT2D eigenvalue weighted by Crippen LogP contribution is 2.15. The minimum atomic E-state index is -0.622. The van der Waals surface area contributed by atoms with Crippen LogP contribution in [-0.4, -0.2) is 48.7 Å². The van der Waals surface area contributed by atoms with Gasteiger partial charge in [0.1, 0.15) is 5.54 Å². The molecule has 2 atom stereocenters. The third-order valence-corrected chi connectivity index (χ3v) is 4.02. The van der Waals surface area contributed by atoms with E-state index in [1.165, 1.54) is 6.42 Å². The predicted molar refractivity (Wildman–Crippen MR) is 89.6 cm³/mol. The quantitative estimate of drug-likeness (QED) is 0.562. The lowest BCUT2D eigenvalue weighted by molar-refractivity contribution is -0.151. The summed E-state index contributed by atoms with van der Waals surface area (Å²) in [6.07, 6.45) is 4.44. The minimum absolute atomic E-state index is 0.136. The molecule has 0 saturated heterocycles. The van der Waals surface area contributed by atoms with Gasteiger partial charge in [0.15, 0.2) is 0 Å². The number of nitrogens with zero attached hydrogens (tertiary/aromatic N) is 1. The molecule has 21 heavy (non-hydrogen) atoms. The number of carbonyl (C=O) groups is 1. The van der Waals surface area contributed by atoms with Crippen LogP contribution >= 0.6 is 0 Å². The number of ether oxygens (including phenoxy) is 1. The average Bonchev–Trinajstić information content (AvgIpc) is 2.48. The standard InChI is InChI=1S/C17H36N2O2/c1-7-11-13-19(15(5)9-3)14-17(6,18-12-8-2)16(20)21-10-4/h15,18H,7-14H2,1-6H3. The molecule has 0 fully saturated rings. The van der Waals surface area contributed by atoms with Gasteiger partial charge >= 0.3 is 5.97 Å². The van der Waals surface area contributed by atoms with E-state index in [1.807, 2.05) is 13.8 Å². The van der Waals surface area contributed by atoms with Crippen molar-refractivity contribution in [3.8, 4) is 0 Å². The lowest BCUT2D eigenvalue weighted by Gasteiger charge is -2.37. The Morgan fingerprint density at radius 3 is 2.38 bits per heavy atom. The highest BCUT2D eigenvalue weighted by molar-refractivity contribution is 5.80. The number of nitrogens with one attached hydrogen (secondary N) is 1. The number of rotatable bonds is 12. The number of hydrogen-bond acceptors (Lipinski definition) is 4. The Morgan fingerprint density at radius 2 is 1.90 bits per heavy atom. The fraction of sp³-hybridized carbons (Fsp3) is 0.941. The maximum absolute atomic E-state index is 12.4. The number of hydrogen-bond donors (Lipinski definition) is 1. The second-order valence-electron chi connectivity index (χ2n) is 6.06. The van der Waals surface area contributed by atoms with E-state index < -0.39 is 5.54 Å². The molecule has 0 aromatic heterocycles. The average molecular weight is 300 g/mol. The van der Waals surface area contributed by atoms with Crippen LogP contribution in [0.25, 0.3) is 0 Å². The van der Waals surface area contributed by atoms with Crippen LogP contribution in [0.3, 0.4) is 0 Å². The highest BCUT2D eigenvalue weighted by atomic mass is 16.5. The Hall–Kier alpha value is -0.610. The van der Waals surface area contributed by atoms with Crippen molar-refractivity contribution < 1.29 is 9.53 Å². The van der Waals surface area contributed by atoms with Gasteiger partial charge in [-0.1, -0.05) is 27.2 Å². The zero-order valence-electron chi connectivity index (χ0n) is 15.0. The van der Waals surface area contributed by atoms with Gasteiger partial charge in [-0.3, -0.25) is 9.69 Å². The van der Waals surface area contributed by atoms with Gasteiger partial charge in [0, 0.05) is 12.6 Å². The molecule has 4 nitrogen and oxygen atoms in total. The van der Waals surface area contributed by atoms with Crippen LogP contribution in [0, 0.1) is 0 Å². The molecule has 0 aromatic rings. The number of unbranched alkanes of at least 4 members (excludes halogenated alkanes) is 1. The predicted octanol–water partition coefficient (Wildman–Crippen LogP) is 3.21. The summed E-state index contributed by atoms with van der Waals surface area (Å²) in [7, 11) is 0. The van der Waals surface area contributed by atoms with Gasteiger partial charge < -0.3 is 10.1 Å². The van der Waals surface area contributed by atoms with Crippen molar-refractivity contribution in [2.75, 3.05) is 26.2 Å². The first-order chi connectivity index (χ1) is 9.95. The molecule has 0 heterocycles. The van der Waals surface area contributed by atoms with Crippen molar-refractivity contribution in [3.63, 3.8) is 0 Å². The van der Waals surface area contributed by atoms with Crippen molar-refractivity contribution in [2.24, 2.45) is 0 Å². The molecule has 2 unspecified atom stereocenters. The van der Waals surface area contributed by atoms with E-state index in [0.717, 1.165) is 32.4 Å². The van der Waals surface area contributed by atoms with Crippen LogP contribution < -0.4 is 5.32 Å². The maximum Gasteiger partial charge on any atom is 0.327 e. The van der Waals surface area contributed by atoms with Gasteiger partial charge in [-0.15, -0.1) is 0 Å². The summed E-state index contributed by atoms with van der Waals surface area (Å²) < 4.78 is 5.29. The summed E-state index contributed by atoms with van der Waals surface area (Å²) in [5, 5.41) is 3.40. The first-order valence-corrected chi connectivity index (χ1v) is 8.61. The normalized spacial score (nSPS) is 15.8. The molecule has 0 aliphatic carbocycles. The molecule has 0 aliphatic heterocycles. The molecule has 126 valence electrons. The zero-order valence-corrected chi connectivity index (χ0v) is 15.0. The molecular weight excluding hydrogens is 264 g/mol. The summed E-state index contributed by atoms with van der Waals surface area (Å²) >= 11 is 0. The topological polar surface area (TPSA) is 41.6 Å². The minimum Gasteiger partial charge on any atom is -0.465 e. The zero-order chi connectivity index (χ0) is 16.3. The summed E-state index contributed by atoms with van der Waals surface area (Å²) in [5.74, 6) is -0.136. The third kappa shape index (κ3) is 7.28. The van der Waals surface area contributed by atoms with Gasteiger partial charge in [-0.05, 0) is 53.1 Å². The van der Waals surface area contributed by atoms with Gasteiger partial charge in [-0.25, -0.2) is 0 Å². The first-order valence-electron chi connectivity index (χ1n) is 8.61. The van der Waals surface area contributed by atoms with E-state index in [0.29, 0.717) is 19.2 Å². The summed E-state index contributed by atoms with van der Waals surface area (Å²) in [6.45, 7) is 15.6. The Morgan fingerprint density at radius 1 is 1.24 bits per heavy atom. The van der Waals surface area contributed by atoms with Crippen LogP contribution in [0.1, 0.15) is 67.2 Å². The van der Waals surface area contributed by atoms with E-state index in [-0.39, 0.29) is 5.97 Å². The van der Waals surface area contributed by atoms with E-state index in [4.69, 9.17) is 4.74 Å². The number of esters is 1. The third-order valence-electron chi connectivity index (χ3n) is 4.02. The van der Waals surface area contributed by atoms with Crippen LogP contribution in [0.2, 0.25) is 0 Å². The van der Waals surface area contributed by atoms with Gasteiger partial charge in [0.05, 0.1) is 6.61 Å². The number of carbonyl (C=O) groups excluding carboxylic acids is 1. The lowest BCUT2D eigenvalue weighted by Crippen LogP contribution is -2.59. The molecule has 0 spiro atoms. The molecular formula is C17H36N2O2. The van der Waals surface area contributed by atoms with Gasteiger partial charge in [0.2, 0.25) is 0 Å². The van der Waals surface area contributed by atoms with Crippen molar-refractivity contribution >= 4 is 5.97 Å². The van der Waals surface area contributed by atoms with Crippen molar-refractivity contribution in [3.05, 3.63) is 0 Å². The highest BCUT2D eigenvalue weighted by Gasteiger charge is 2.36. The molecule has 4 heteroatoms. The molecule has 0 rings (SSSR count). The molecule has 0 aromatic carbocycles. The second-order valence-corrected chi connectivity index (χ2v) is 6.06. The monoisotopic (exact) mass is 300 g/mol. The molecule has 0 amide bonds. The van der Waals surface area contributed by atoms with Crippen molar-refractivity contribution in [1.82, 2.24) is 10.2 Å². The van der Waals surface area contributed by atoms with Crippen LogP contribution in [-0.2, 0) is 9.53 Å². The fourth-order valence-electron chi connectivity index (χ4n) is 2.36.